The summed E-state index contributed by atoms with van der Waals surface area (Å²) in [6.07, 6.45) is 6.60. The van der Waals surface area contributed by atoms with Crippen molar-refractivity contribution in [3.63, 3.8) is 0 Å². The molecule has 1 atom stereocenters. The lowest BCUT2D eigenvalue weighted by atomic mass is 10.0. The monoisotopic (exact) mass is 338 g/mol. The van der Waals surface area contributed by atoms with Gasteiger partial charge in [0.15, 0.2) is 0 Å². The number of piperazine rings is 1. The summed E-state index contributed by atoms with van der Waals surface area (Å²) in [5.41, 5.74) is 1.06. The number of benzene rings is 1. The summed E-state index contributed by atoms with van der Waals surface area (Å²) in [5, 5.41) is 0. The summed E-state index contributed by atoms with van der Waals surface area (Å²) in [7, 11) is 1.70. The molecular weight excluding hydrogens is 316 g/mol. The van der Waals surface area contributed by atoms with Crippen molar-refractivity contribution in [2.75, 3.05) is 13.6 Å². The quantitative estimate of drug-likeness (QED) is 0.833. The molecule has 1 saturated carbocycles. The highest BCUT2D eigenvalue weighted by Gasteiger charge is 2.38. The van der Waals surface area contributed by atoms with Crippen molar-refractivity contribution in [1.29, 1.82) is 0 Å². The maximum Gasteiger partial charge on any atom is 0.245 e. The zero-order valence-electron chi connectivity index (χ0n) is 14.3. The van der Waals surface area contributed by atoms with E-state index in [4.69, 9.17) is 0 Å². The number of nitrogens with zero attached hydrogens (tertiary/aromatic N) is 4. The van der Waals surface area contributed by atoms with Gasteiger partial charge in [-0.25, -0.2) is 4.98 Å². The van der Waals surface area contributed by atoms with Crippen LogP contribution in [0, 0.1) is 0 Å². The fourth-order valence-corrected chi connectivity index (χ4v) is 3.47. The Morgan fingerprint density at radius 2 is 1.92 bits per heavy atom. The minimum Gasteiger partial charge on any atom is -0.335 e. The van der Waals surface area contributed by atoms with Gasteiger partial charge in [0.2, 0.25) is 11.8 Å². The Hall–Kier alpha value is -2.63. The second-order valence-corrected chi connectivity index (χ2v) is 6.90. The molecule has 2 aromatic rings. The van der Waals surface area contributed by atoms with Crippen molar-refractivity contribution in [3.05, 3.63) is 54.1 Å². The Balaban J connectivity index is 1.60. The van der Waals surface area contributed by atoms with E-state index in [9.17, 15) is 9.59 Å². The number of imidazole rings is 1. The van der Waals surface area contributed by atoms with Gasteiger partial charge in [-0.3, -0.25) is 9.59 Å². The molecular formula is C19H22N4O2. The van der Waals surface area contributed by atoms with Crippen LogP contribution in [0.3, 0.4) is 0 Å². The second-order valence-electron chi connectivity index (χ2n) is 6.90. The standard InChI is InChI=1S/C19H22N4O2/c1-21-13-18(24)23(12-17-20-9-10-22(17)15-7-8-15)16(19(21)25)11-14-5-3-2-4-6-14/h2-6,9-10,15-16H,7-8,11-13H2,1H3/t16-/m0/s1. The van der Waals surface area contributed by atoms with E-state index in [-0.39, 0.29) is 18.4 Å². The van der Waals surface area contributed by atoms with Gasteiger partial charge in [-0.05, 0) is 18.4 Å². The number of likely N-dealkylation sites (N-methyl/N-ethyl adjacent to an activating group) is 1. The molecule has 0 radical (unpaired) electrons. The fraction of sp³-hybridized carbons (Fsp3) is 0.421. The normalized spacial score (nSPS) is 21.1. The van der Waals surface area contributed by atoms with E-state index in [1.54, 1.807) is 18.1 Å². The van der Waals surface area contributed by atoms with E-state index in [1.165, 1.54) is 4.90 Å². The van der Waals surface area contributed by atoms with Crippen LogP contribution in [0.15, 0.2) is 42.7 Å². The van der Waals surface area contributed by atoms with Crippen LogP contribution in [0.25, 0.3) is 0 Å². The van der Waals surface area contributed by atoms with Crippen LogP contribution >= 0.6 is 0 Å². The first-order valence-electron chi connectivity index (χ1n) is 8.73. The Morgan fingerprint density at radius 3 is 2.64 bits per heavy atom. The first-order valence-corrected chi connectivity index (χ1v) is 8.73. The molecule has 0 N–H and O–H groups in total. The Labute approximate surface area is 147 Å². The average Bonchev–Trinajstić information content (AvgIpc) is 3.35. The number of carbonyl (C=O) groups is 2. The number of hydrogen-bond donors (Lipinski definition) is 0. The number of carbonyl (C=O) groups excluding carboxylic acids is 2. The lowest BCUT2D eigenvalue weighted by Gasteiger charge is -2.38. The second kappa shape index (κ2) is 6.35. The number of aromatic nitrogens is 2. The lowest BCUT2D eigenvalue weighted by molar-refractivity contribution is -0.155. The molecule has 1 saturated heterocycles. The van der Waals surface area contributed by atoms with Crippen molar-refractivity contribution < 1.29 is 9.59 Å². The summed E-state index contributed by atoms with van der Waals surface area (Å²) in [5.74, 6) is 0.840. The Bertz CT molecular complexity index is 782. The molecule has 2 heterocycles. The number of rotatable bonds is 5. The summed E-state index contributed by atoms with van der Waals surface area (Å²) >= 11 is 0. The van der Waals surface area contributed by atoms with Gasteiger partial charge in [0.05, 0.1) is 13.1 Å². The van der Waals surface area contributed by atoms with Gasteiger partial charge < -0.3 is 14.4 Å². The van der Waals surface area contributed by atoms with Gasteiger partial charge >= 0.3 is 0 Å². The molecule has 4 rings (SSSR count). The highest BCUT2D eigenvalue weighted by atomic mass is 16.2. The molecule has 0 spiro atoms. The smallest absolute Gasteiger partial charge is 0.245 e. The molecule has 1 aliphatic carbocycles. The first-order chi connectivity index (χ1) is 12.1. The zero-order valence-corrected chi connectivity index (χ0v) is 14.3. The van der Waals surface area contributed by atoms with E-state index >= 15 is 0 Å². The van der Waals surface area contributed by atoms with Gasteiger partial charge in [0.1, 0.15) is 11.9 Å². The van der Waals surface area contributed by atoms with Crippen molar-refractivity contribution >= 4 is 11.8 Å². The van der Waals surface area contributed by atoms with Crippen molar-refractivity contribution in [2.24, 2.45) is 0 Å². The number of hydrogen-bond acceptors (Lipinski definition) is 3. The molecule has 1 aromatic heterocycles. The molecule has 6 nitrogen and oxygen atoms in total. The average molecular weight is 338 g/mol. The van der Waals surface area contributed by atoms with Gasteiger partial charge in [0.25, 0.3) is 0 Å². The van der Waals surface area contributed by atoms with Crippen LogP contribution in [-0.2, 0) is 22.6 Å². The molecule has 1 aromatic carbocycles. The SMILES string of the molecule is CN1CC(=O)N(Cc2nccn2C2CC2)[C@@H](Cc2ccccc2)C1=O. The van der Waals surface area contributed by atoms with E-state index in [0.717, 1.165) is 24.2 Å². The number of amides is 2. The predicted octanol–water partition coefficient (Wildman–Crippen LogP) is 1.63. The van der Waals surface area contributed by atoms with Gasteiger partial charge in [0, 0.05) is 31.9 Å². The Kier molecular flexibility index (Phi) is 4.03. The zero-order chi connectivity index (χ0) is 17.4. The van der Waals surface area contributed by atoms with E-state index in [2.05, 4.69) is 9.55 Å². The highest BCUT2D eigenvalue weighted by Crippen LogP contribution is 2.36. The minimum absolute atomic E-state index is 0.00650. The van der Waals surface area contributed by atoms with Gasteiger partial charge in [-0.15, -0.1) is 0 Å². The highest BCUT2D eigenvalue weighted by molar-refractivity contribution is 5.94. The lowest BCUT2D eigenvalue weighted by Crippen LogP contribution is -2.59. The molecule has 25 heavy (non-hydrogen) atoms. The van der Waals surface area contributed by atoms with Crippen LogP contribution in [0.4, 0.5) is 0 Å². The molecule has 0 unspecified atom stereocenters. The van der Waals surface area contributed by atoms with Crippen molar-refractivity contribution in [1.82, 2.24) is 19.4 Å². The third-order valence-corrected chi connectivity index (χ3v) is 5.00. The van der Waals surface area contributed by atoms with Gasteiger partial charge in [-0.1, -0.05) is 30.3 Å². The first kappa shape index (κ1) is 15.9. The minimum atomic E-state index is -0.474. The third-order valence-electron chi connectivity index (χ3n) is 5.00. The molecule has 6 heteroatoms. The van der Waals surface area contributed by atoms with Crippen LogP contribution in [0.2, 0.25) is 0 Å². The van der Waals surface area contributed by atoms with E-state index < -0.39 is 6.04 Å². The summed E-state index contributed by atoms with van der Waals surface area (Å²) < 4.78 is 2.15. The third kappa shape index (κ3) is 3.16. The van der Waals surface area contributed by atoms with Crippen molar-refractivity contribution in [3.8, 4) is 0 Å². The predicted molar refractivity (Wildman–Crippen MR) is 92.6 cm³/mol. The molecule has 130 valence electrons. The largest absolute Gasteiger partial charge is 0.335 e. The van der Waals surface area contributed by atoms with Gasteiger partial charge in [-0.2, -0.15) is 0 Å². The summed E-state index contributed by atoms with van der Waals surface area (Å²) in [6.45, 7) is 0.522. The van der Waals surface area contributed by atoms with E-state index in [0.29, 0.717) is 19.0 Å². The summed E-state index contributed by atoms with van der Waals surface area (Å²) in [6, 6.07) is 9.89. The maximum atomic E-state index is 12.8. The van der Waals surface area contributed by atoms with E-state index in [1.807, 2.05) is 36.5 Å². The molecule has 2 amide bonds. The molecule has 2 aliphatic rings. The Morgan fingerprint density at radius 1 is 1.16 bits per heavy atom. The maximum absolute atomic E-state index is 12.8. The van der Waals surface area contributed by atoms with Crippen molar-refractivity contribution in [2.45, 2.75) is 37.9 Å². The van der Waals surface area contributed by atoms with Crippen LogP contribution in [-0.4, -0.2) is 50.8 Å². The molecule has 0 bridgehead atoms. The fourth-order valence-electron chi connectivity index (χ4n) is 3.47. The van der Waals surface area contributed by atoms with Crippen LogP contribution in [0.5, 0.6) is 0 Å². The summed E-state index contributed by atoms with van der Waals surface area (Å²) in [4.78, 5) is 33.1. The topological polar surface area (TPSA) is 58.4 Å². The molecule has 1 aliphatic heterocycles. The van der Waals surface area contributed by atoms with Crippen LogP contribution in [0.1, 0.15) is 30.3 Å². The molecule has 2 fully saturated rings. The van der Waals surface area contributed by atoms with Crippen LogP contribution < -0.4 is 0 Å².